The molecule has 0 amide bonds. The zero-order valence-electron chi connectivity index (χ0n) is 18.6. The second-order valence-electron chi connectivity index (χ2n) is 7.88. The van der Waals surface area contributed by atoms with Gasteiger partial charge in [-0.25, -0.2) is 0 Å². The number of methoxy groups -OCH3 is 1. The van der Waals surface area contributed by atoms with Crippen molar-refractivity contribution in [2.75, 3.05) is 26.0 Å². The minimum atomic E-state index is -0.731. The molecule has 1 aliphatic carbocycles. The van der Waals surface area contributed by atoms with Gasteiger partial charge in [-0.15, -0.1) is 0 Å². The fourth-order valence-corrected chi connectivity index (χ4v) is 5.29. The van der Waals surface area contributed by atoms with Crippen LogP contribution in [0.5, 0.6) is 5.75 Å². The van der Waals surface area contributed by atoms with Crippen LogP contribution < -0.4 is 15.4 Å². The molecule has 0 aliphatic heterocycles. The van der Waals surface area contributed by atoms with E-state index < -0.39 is 10.8 Å². The first kappa shape index (κ1) is 23.4. The molecule has 2 aromatic rings. The number of ether oxygens (including phenoxy) is 1. The highest BCUT2D eigenvalue weighted by Crippen LogP contribution is 2.23. The van der Waals surface area contributed by atoms with Gasteiger partial charge in [0.15, 0.2) is 5.96 Å². The Morgan fingerprint density at radius 2 is 2.06 bits per heavy atom. The van der Waals surface area contributed by atoms with E-state index in [0.29, 0.717) is 17.8 Å². The number of guanidine groups is 1. The molecule has 0 radical (unpaired) electrons. The van der Waals surface area contributed by atoms with Crippen molar-refractivity contribution in [3.05, 3.63) is 54.0 Å². The smallest absolute Gasteiger partial charge is 0.191 e. The van der Waals surface area contributed by atoms with E-state index in [1.54, 1.807) is 13.4 Å². The molecule has 3 rings (SSSR count). The molecule has 1 heterocycles. The number of furan rings is 1. The number of hydrogen-bond acceptors (Lipinski definition) is 4. The summed E-state index contributed by atoms with van der Waals surface area (Å²) >= 11 is 0. The lowest BCUT2D eigenvalue weighted by molar-refractivity contribution is 0.413. The molecule has 0 saturated heterocycles. The average molecular weight is 446 g/mol. The Hall–Kier alpha value is -2.28. The Morgan fingerprint density at radius 1 is 1.23 bits per heavy atom. The predicted octanol–water partition coefficient (Wildman–Crippen LogP) is 3.69. The van der Waals surface area contributed by atoms with Crippen LogP contribution >= 0.6 is 0 Å². The Morgan fingerprint density at radius 3 is 2.77 bits per heavy atom. The van der Waals surface area contributed by atoms with E-state index in [-0.39, 0.29) is 0 Å². The molecule has 6 nitrogen and oxygen atoms in total. The lowest BCUT2D eigenvalue weighted by Crippen LogP contribution is -2.47. The van der Waals surface area contributed by atoms with E-state index in [1.807, 2.05) is 31.2 Å². The summed E-state index contributed by atoms with van der Waals surface area (Å²) in [6, 6.07) is 12.3. The highest BCUT2D eigenvalue weighted by atomic mass is 32.2. The number of nitrogens with zero attached hydrogens (tertiary/aromatic N) is 1. The maximum absolute atomic E-state index is 12.3. The summed E-state index contributed by atoms with van der Waals surface area (Å²) in [5.41, 5.74) is 1.25. The molecular weight excluding hydrogens is 410 g/mol. The van der Waals surface area contributed by atoms with Crippen LogP contribution in [0.1, 0.15) is 43.9 Å². The second-order valence-corrected chi connectivity index (χ2v) is 9.89. The van der Waals surface area contributed by atoms with Crippen molar-refractivity contribution >= 4 is 16.8 Å². The van der Waals surface area contributed by atoms with Crippen molar-refractivity contribution < 1.29 is 13.4 Å². The van der Waals surface area contributed by atoms with Gasteiger partial charge >= 0.3 is 0 Å². The zero-order chi connectivity index (χ0) is 21.9. The highest BCUT2D eigenvalue weighted by Gasteiger charge is 2.26. The molecule has 0 bridgehead atoms. The Kier molecular flexibility index (Phi) is 9.46. The second kappa shape index (κ2) is 12.5. The maximum atomic E-state index is 12.3. The van der Waals surface area contributed by atoms with Gasteiger partial charge in [-0.1, -0.05) is 25.5 Å². The van der Waals surface area contributed by atoms with Gasteiger partial charge in [0.25, 0.3) is 0 Å². The van der Waals surface area contributed by atoms with Crippen LogP contribution in [0.25, 0.3) is 0 Å². The van der Waals surface area contributed by atoms with Crippen LogP contribution in [0.15, 0.2) is 52.1 Å². The summed E-state index contributed by atoms with van der Waals surface area (Å²) in [6.07, 6.45) is 7.57. The number of benzene rings is 1. The summed E-state index contributed by atoms with van der Waals surface area (Å²) < 4.78 is 22.9. The molecule has 1 aromatic carbocycles. The highest BCUT2D eigenvalue weighted by molar-refractivity contribution is 7.85. The van der Waals surface area contributed by atoms with Gasteiger partial charge in [-0.3, -0.25) is 9.20 Å². The monoisotopic (exact) mass is 445 g/mol. The standard InChI is InChI=1S/C24H35N3O3S/c1-3-31(28)23-8-4-6-20(18-23)27-24(26-16-14-22-7-5-17-30-22)25-15-13-19-9-11-21(29-2)12-10-19/h5,7,9-12,17,20,23H,3-4,6,8,13-16,18H2,1-2H3,(H2,25,26,27). The van der Waals surface area contributed by atoms with E-state index in [9.17, 15) is 4.21 Å². The first-order chi connectivity index (χ1) is 15.2. The Labute approximate surface area is 188 Å². The normalized spacial score (nSPS) is 20.3. The lowest BCUT2D eigenvalue weighted by Gasteiger charge is -2.30. The van der Waals surface area contributed by atoms with Crippen LogP contribution in [0.3, 0.4) is 0 Å². The molecule has 3 unspecified atom stereocenters. The number of aliphatic imine (C=N–C) groups is 1. The van der Waals surface area contributed by atoms with Crippen molar-refractivity contribution in [2.45, 2.75) is 56.7 Å². The Balaban J connectivity index is 1.56. The number of nitrogens with one attached hydrogen (secondary N) is 2. The fraction of sp³-hybridized carbons (Fsp3) is 0.542. The summed E-state index contributed by atoms with van der Waals surface area (Å²) in [5.74, 6) is 3.38. The van der Waals surface area contributed by atoms with Crippen molar-refractivity contribution in [3.8, 4) is 5.75 Å². The van der Waals surface area contributed by atoms with Crippen molar-refractivity contribution in [1.29, 1.82) is 0 Å². The third kappa shape index (κ3) is 7.73. The quantitative estimate of drug-likeness (QED) is 0.431. The zero-order valence-corrected chi connectivity index (χ0v) is 19.5. The molecule has 1 fully saturated rings. The summed E-state index contributed by atoms with van der Waals surface area (Å²) in [4.78, 5) is 4.78. The van der Waals surface area contributed by atoms with Crippen LogP contribution in [0.2, 0.25) is 0 Å². The summed E-state index contributed by atoms with van der Waals surface area (Å²) in [7, 11) is 0.949. The first-order valence-corrected chi connectivity index (χ1v) is 12.6. The molecule has 1 aliphatic rings. The van der Waals surface area contributed by atoms with Crippen molar-refractivity contribution in [3.63, 3.8) is 0 Å². The number of hydrogen-bond donors (Lipinski definition) is 2. The van der Waals surface area contributed by atoms with Crippen LogP contribution in [-0.2, 0) is 23.6 Å². The molecule has 2 N–H and O–H groups in total. The van der Waals surface area contributed by atoms with E-state index in [1.165, 1.54) is 5.56 Å². The molecule has 7 heteroatoms. The van der Waals surface area contributed by atoms with E-state index >= 15 is 0 Å². The molecule has 31 heavy (non-hydrogen) atoms. The van der Waals surface area contributed by atoms with Gasteiger partial charge in [-0.05, 0) is 55.5 Å². The maximum Gasteiger partial charge on any atom is 0.191 e. The molecule has 170 valence electrons. The third-order valence-electron chi connectivity index (χ3n) is 5.70. The van der Waals surface area contributed by atoms with Crippen LogP contribution in [-0.4, -0.2) is 47.4 Å². The van der Waals surface area contributed by atoms with Gasteiger partial charge < -0.3 is 19.8 Å². The van der Waals surface area contributed by atoms with Crippen molar-refractivity contribution in [2.24, 2.45) is 4.99 Å². The van der Waals surface area contributed by atoms with E-state index in [0.717, 1.165) is 68.3 Å². The largest absolute Gasteiger partial charge is 0.497 e. The lowest BCUT2D eigenvalue weighted by atomic mass is 9.95. The van der Waals surface area contributed by atoms with Gasteiger partial charge in [0.2, 0.25) is 0 Å². The average Bonchev–Trinajstić information content (AvgIpc) is 3.32. The number of rotatable bonds is 10. The van der Waals surface area contributed by atoms with Gasteiger partial charge in [0.1, 0.15) is 11.5 Å². The van der Waals surface area contributed by atoms with Gasteiger partial charge in [-0.2, -0.15) is 0 Å². The van der Waals surface area contributed by atoms with Crippen molar-refractivity contribution in [1.82, 2.24) is 10.6 Å². The first-order valence-electron chi connectivity index (χ1n) is 11.2. The molecule has 1 saturated carbocycles. The minimum absolute atomic E-state index is 0.292. The predicted molar refractivity (Wildman–Crippen MR) is 127 cm³/mol. The van der Waals surface area contributed by atoms with Gasteiger partial charge in [0.05, 0.1) is 13.4 Å². The van der Waals surface area contributed by atoms with E-state index in [4.69, 9.17) is 14.1 Å². The minimum Gasteiger partial charge on any atom is -0.497 e. The fourth-order valence-electron chi connectivity index (χ4n) is 3.95. The van der Waals surface area contributed by atoms with E-state index in [2.05, 4.69) is 22.8 Å². The summed E-state index contributed by atoms with van der Waals surface area (Å²) in [6.45, 7) is 3.45. The molecule has 1 aromatic heterocycles. The topological polar surface area (TPSA) is 75.9 Å². The molecule has 3 atom stereocenters. The van der Waals surface area contributed by atoms with Gasteiger partial charge in [0, 0.05) is 47.4 Å². The summed E-state index contributed by atoms with van der Waals surface area (Å²) in [5, 5.41) is 7.38. The van der Waals surface area contributed by atoms with Crippen LogP contribution in [0.4, 0.5) is 0 Å². The van der Waals surface area contributed by atoms with Crippen LogP contribution in [0, 0.1) is 0 Å². The SMILES string of the molecule is CCS(=O)C1CCCC(NC(=NCCc2ccco2)NCCc2ccc(OC)cc2)C1. The third-order valence-corrected chi connectivity index (χ3v) is 7.44. The molecule has 0 spiro atoms. The molecular formula is C24H35N3O3S. The Bertz CT molecular complexity index is 821.